The number of hydrogen-bond acceptors (Lipinski definition) is 8. The molecule has 0 saturated carbocycles. The van der Waals surface area contributed by atoms with Gasteiger partial charge in [-0.3, -0.25) is 4.99 Å². The van der Waals surface area contributed by atoms with Crippen molar-refractivity contribution in [1.82, 2.24) is 15.1 Å². The zero-order chi connectivity index (χ0) is 26.5. The molecule has 1 aliphatic heterocycles. The maximum Gasteiger partial charge on any atom is 0.408 e. The quantitative estimate of drug-likeness (QED) is 0.462. The number of alkyl halides is 3. The number of rotatable bonds is 4. The van der Waals surface area contributed by atoms with Crippen LogP contribution in [0, 0.1) is 5.82 Å². The summed E-state index contributed by atoms with van der Waals surface area (Å²) in [6, 6.07) is 5.52. The van der Waals surface area contributed by atoms with Crippen molar-refractivity contribution in [2.24, 2.45) is 15.1 Å². The van der Waals surface area contributed by atoms with E-state index in [2.05, 4.69) is 24.5 Å². The highest BCUT2D eigenvalue weighted by molar-refractivity contribution is 7.95. The van der Waals surface area contributed by atoms with Crippen molar-refractivity contribution in [3.63, 3.8) is 0 Å². The minimum atomic E-state index is -4.66. The van der Waals surface area contributed by atoms with Gasteiger partial charge in [0.05, 0.1) is 20.5 Å². The monoisotopic (exact) mass is 544 g/mol. The summed E-state index contributed by atoms with van der Waals surface area (Å²) in [5.74, 6) is -0.870. The molecular formula is C22H21ClF4N6O2S. The minimum Gasteiger partial charge on any atom is -0.386 e. The Kier molecular flexibility index (Phi) is 6.36. The molecule has 2 atom stereocenters. The van der Waals surface area contributed by atoms with E-state index >= 15 is 4.39 Å². The van der Waals surface area contributed by atoms with Gasteiger partial charge in [-0.2, -0.15) is 13.2 Å². The second kappa shape index (κ2) is 8.80. The Balaban J connectivity index is 1.77. The average molecular weight is 545 g/mol. The number of aliphatic imine (C=N–C) groups is 1. The third-order valence-corrected chi connectivity index (χ3v) is 9.40. The van der Waals surface area contributed by atoms with Crippen molar-refractivity contribution in [3.8, 4) is 22.8 Å². The summed E-state index contributed by atoms with van der Waals surface area (Å²) in [7, 11) is -3.62. The first-order valence-electron chi connectivity index (χ1n) is 10.5. The fourth-order valence-electron chi connectivity index (χ4n) is 3.73. The predicted octanol–water partition coefficient (Wildman–Crippen LogP) is 4.99. The second-order valence-corrected chi connectivity index (χ2v) is 12.2. The van der Waals surface area contributed by atoms with Gasteiger partial charge >= 0.3 is 6.18 Å². The summed E-state index contributed by atoms with van der Waals surface area (Å²) >= 11 is 5.80. The molecule has 192 valence electrons. The number of halogens is 5. The highest BCUT2D eigenvalue weighted by Gasteiger charge is 2.48. The van der Waals surface area contributed by atoms with Gasteiger partial charge in [-0.1, -0.05) is 16.8 Å². The van der Waals surface area contributed by atoms with E-state index < -0.39 is 44.3 Å². The number of nitrogens with two attached hydrogens (primary N) is 1. The normalized spacial score (nSPS) is 23.8. The van der Waals surface area contributed by atoms with Gasteiger partial charge in [-0.05, 0) is 39.0 Å². The largest absolute Gasteiger partial charge is 0.408 e. The maximum absolute atomic E-state index is 15.1. The number of nitrogens with zero attached hydrogens (tertiary/aromatic N) is 5. The molecule has 0 radical (unpaired) electrons. The Bertz CT molecular complexity index is 1460. The van der Waals surface area contributed by atoms with Crippen molar-refractivity contribution in [2.75, 3.05) is 12.3 Å². The van der Waals surface area contributed by atoms with Gasteiger partial charge in [0.25, 0.3) is 0 Å². The van der Waals surface area contributed by atoms with Crippen LogP contribution in [0.2, 0.25) is 5.02 Å². The first-order valence-corrected chi connectivity index (χ1v) is 12.6. The zero-order valence-electron chi connectivity index (χ0n) is 19.3. The lowest BCUT2D eigenvalue weighted by Crippen LogP contribution is -2.55. The molecule has 36 heavy (non-hydrogen) atoms. The van der Waals surface area contributed by atoms with Gasteiger partial charge in [0.15, 0.2) is 17.3 Å². The first kappa shape index (κ1) is 26.0. The van der Waals surface area contributed by atoms with Crippen LogP contribution in [0.5, 0.6) is 0 Å². The summed E-state index contributed by atoms with van der Waals surface area (Å²) in [6.45, 7) is 2.66. The SMILES string of the molecule is CC1(C)C(N)=N[C@](C)(c2cc(-c3cc(-c4ncc(Cl)cn4)no3)ccc2F)CS1(=O)=NCC(F)(F)F. The Morgan fingerprint density at radius 1 is 1.19 bits per heavy atom. The van der Waals surface area contributed by atoms with E-state index in [1.165, 1.54) is 51.4 Å². The summed E-state index contributed by atoms with van der Waals surface area (Å²) in [4.78, 5) is 12.5. The molecule has 0 spiro atoms. The molecule has 0 aliphatic carbocycles. The molecule has 0 bridgehead atoms. The summed E-state index contributed by atoms with van der Waals surface area (Å²) in [5.41, 5.74) is 5.17. The summed E-state index contributed by atoms with van der Waals surface area (Å²) in [6.07, 6.45) is -1.88. The smallest absolute Gasteiger partial charge is 0.386 e. The molecule has 3 aromatic rings. The van der Waals surface area contributed by atoms with Crippen LogP contribution in [0.3, 0.4) is 0 Å². The fourth-order valence-corrected chi connectivity index (χ4v) is 6.31. The molecular weight excluding hydrogens is 524 g/mol. The second-order valence-electron chi connectivity index (χ2n) is 8.96. The van der Waals surface area contributed by atoms with E-state index in [1.54, 1.807) is 0 Å². The first-order chi connectivity index (χ1) is 16.6. The van der Waals surface area contributed by atoms with Crippen molar-refractivity contribution in [3.05, 3.63) is 53.1 Å². The van der Waals surface area contributed by atoms with E-state index in [0.29, 0.717) is 16.3 Å². The standard InChI is InChI=1S/C22H21ClF4N6O2S/c1-20(2)19(28)32-21(3,11-36(20,34)31-10-22(25,26)27)14-6-12(4-5-15(14)24)17-7-16(33-35-17)18-29-8-13(23)9-30-18/h4-9H,10-11H2,1-3H3,(H2,28,32)/t21-,36?/m0/s1. The highest BCUT2D eigenvalue weighted by Crippen LogP contribution is 2.40. The number of amidine groups is 1. The lowest BCUT2D eigenvalue weighted by Gasteiger charge is -2.40. The van der Waals surface area contributed by atoms with Gasteiger partial charge < -0.3 is 10.3 Å². The van der Waals surface area contributed by atoms with E-state index in [9.17, 15) is 17.4 Å². The molecule has 2 N–H and O–H groups in total. The van der Waals surface area contributed by atoms with E-state index in [4.69, 9.17) is 21.9 Å². The third kappa shape index (κ3) is 4.81. The topological polar surface area (TPSA) is 120 Å². The molecule has 3 heterocycles. The van der Waals surface area contributed by atoms with Crippen LogP contribution in [0.1, 0.15) is 26.3 Å². The van der Waals surface area contributed by atoms with Gasteiger partial charge in [0.1, 0.15) is 28.5 Å². The number of aromatic nitrogens is 3. The Morgan fingerprint density at radius 3 is 2.50 bits per heavy atom. The van der Waals surface area contributed by atoms with Crippen LogP contribution in [0.4, 0.5) is 17.6 Å². The van der Waals surface area contributed by atoms with Gasteiger partial charge in [-0.25, -0.2) is 22.9 Å². The van der Waals surface area contributed by atoms with E-state index in [0.717, 1.165) is 6.07 Å². The highest BCUT2D eigenvalue weighted by atomic mass is 35.5. The van der Waals surface area contributed by atoms with E-state index in [1.807, 2.05) is 0 Å². The Labute approximate surface area is 209 Å². The van der Waals surface area contributed by atoms with Crippen LogP contribution in [-0.4, -0.2) is 48.4 Å². The third-order valence-electron chi connectivity index (χ3n) is 5.90. The van der Waals surface area contributed by atoms with Gasteiger partial charge in [-0.15, -0.1) is 0 Å². The molecule has 8 nitrogen and oxygen atoms in total. The summed E-state index contributed by atoms with van der Waals surface area (Å²) < 4.78 is 75.0. The van der Waals surface area contributed by atoms with Crippen molar-refractivity contribution in [1.29, 1.82) is 0 Å². The van der Waals surface area contributed by atoms with Crippen LogP contribution in [-0.2, 0) is 15.3 Å². The molecule has 1 aliphatic rings. The predicted molar refractivity (Wildman–Crippen MR) is 127 cm³/mol. The lowest BCUT2D eigenvalue weighted by atomic mass is 9.91. The van der Waals surface area contributed by atoms with Crippen molar-refractivity contribution >= 4 is 27.2 Å². The molecule has 4 rings (SSSR count). The van der Waals surface area contributed by atoms with Crippen molar-refractivity contribution in [2.45, 2.75) is 37.2 Å². The van der Waals surface area contributed by atoms with Crippen molar-refractivity contribution < 1.29 is 26.3 Å². The zero-order valence-corrected chi connectivity index (χ0v) is 20.9. The summed E-state index contributed by atoms with van der Waals surface area (Å²) in [5, 5.41) is 4.26. The van der Waals surface area contributed by atoms with Gasteiger partial charge in [0.2, 0.25) is 0 Å². The average Bonchev–Trinajstić information content (AvgIpc) is 3.27. The molecule has 14 heteroatoms. The van der Waals surface area contributed by atoms with E-state index in [-0.39, 0.29) is 23.0 Å². The fraction of sp³-hybridized carbons (Fsp3) is 0.364. The molecule has 0 saturated heterocycles. The van der Waals surface area contributed by atoms with Crippen LogP contribution in [0.25, 0.3) is 22.8 Å². The Hall–Kier alpha value is -3.06. The maximum atomic E-state index is 15.1. The van der Waals surface area contributed by atoms with Crippen LogP contribution in [0.15, 0.2) is 50.5 Å². The number of benzene rings is 1. The van der Waals surface area contributed by atoms with Gasteiger partial charge in [0, 0.05) is 29.6 Å². The van der Waals surface area contributed by atoms with Crippen LogP contribution >= 0.6 is 11.6 Å². The molecule has 0 fully saturated rings. The lowest BCUT2D eigenvalue weighted by molar-refractivity contribution is -0.117. The molecule has 0 amide bonds. The minimum absolute atomic E-state index is 0.0333. The Morgan fingerprint density at radius 2 is 1.86 bits per heavy atom. The molecule has 2 aromatic heterocycles. The molecule has 1 aromatic carbocycles. The van der Waals surface area contributed by atoms with Crippen LogP contribution < -0.4 is 5.73 Å². The number of hydrogen-bond donors (Lipinski definition) is 1. The molecule has 1 unspecified atom stereocenters.